The third-order valence-corrected chi connectivity index (χ3v) is 4.15. The van der Waals surface area contributed by atoms with Crippen molar-refractivity contribution in [2.75, 3.05) is 6.54 Å². The Morgan fingerprint density at radius 1 is 1.25 bits per heavy atom. The molecule has 4 rings (SSSR count). The molecule has 0 unspecified atom stereocenters. The smallest absolute Gasteiger partial charge is 0.178 e. The summed E-state index contributed by atoms with van der Waals surface area (Å²) in [4.78, 5) is 14.1. The molecular formula is C16H18N4. The van der Waals surface area contributed by atoms with Crippen LogP contribution in [0.1, 0.15) is 41.3 Å². The van der Waals surface area contributed by atoms with Gasteiger partial charge in [0.15, 0.2) is 5.82 Å². The summed E-state index contributed by atoms with van der Waals surface area (Å²) in [5.41, 5.74) is 5.90. The highest BCUT2D eigenvalue weighted by molar-refractivity contribution is 5.55. The number of fused-ring (bicyclic) bond motifs is 1. The third kappa shape index (κ3) is 2.00. The number of hydrogen-bond acceptors (Lipinski definition) is 4. The normalized spacial score (nSPS) is 17.9. The van der Waals surface area contributed by atoms with E-state index in [4.69, 9.17) is 9.97 Å². The third-order valence-electron chi connectivity index (χ3n) is 4.15. The van der Waals surface area contributed by atoms with Crippen molar-refractivity contribution < 1.29 is 0 Å². The molecule has 1 saturated carbocycles. The zero-order chi connectivity index (χ0) is 13.5. The molecule has 0 saturated heterocycles. The summed E-state index contributed by atoms with van der Waals surface area (Å²) < 4.78 is 0. The average Bonchev–Trinajstić information content (AvgIpc) is 3.31. The molecule has 20 heavy (non-hydrogen) atoms. The molecule has 3 heterocycles. The fraction of sp³-hybridized carbons (Fsp3) is 0.438. The fourth-order valence-electron chi connectivity index (χ4n) is 2.89. The van der Waals surface area contributed by atoms with Crippen LogP contribution >= 0.6 is 0 Å². The van der Waals surface area contributed by atoms with Crippen LogP contribution in [0, 0.1) is 6.92 Å². The quantitative estimate of drug-likeness (QED) is 0.906. The monoisotopic (exact) mass is 266 g/mol. The van der Waals surface area contributed by atoms with Crippen LogP contribution in [0.5, 0.6) is 0 Å². The molecule has 0 amide bonds. The molecule has 2 aromatic heterocycles. The average molecular weight is 266 g/mol. The predicted octanol–water partition coefficient (Wildman–Crippen LogP) is 2.37. The van der Waals surface area contributed by atoms with Gasteiger partial charge in [-0.25, -0.2) is 9.97 Å². The summed E-state index contributed by atoms with van der Waals surface area (Å²) in [6.45, 7) is 4.00. The molecule has 0 bridgehead atoms. The number of rotatable bonds is 2. The van der Waals surface area contributed by atoms with Crippen LogP contribution in [0.3, 0.4) is 0 Å². The van der Waals surface area contributed by atoms with Crippen LogP contribution in [0.25, 0.3) is 11.5 Å². The van der Waals surface area contributed by atoms with E-state index in [1.54, 1.807) is 0 Å². The molecule has 1 aliphatic heterocycles. The van der Waals surface area contributed by atoms with Crippen LogP contribution in [-0.4, -0.2) is 21.5 Å². The lowest BCUT2D eigenvalue weighted by molar-refractivity contribution is 0.617. The van der Waals surface area contributed by atoms with Crippen molar-refractivity contribution in [2.24, 2.45) is 0 Å². The second-order valence-electron chi connectivity index (χ2n) is 5.73. The first-order valence-electron chi connectivity index (χ1n) is 7.35. The zero-order valence-corrected chi connectivity index (χ0v) is 11.7. The van der Waals surface area contributed by atoms with Gasteiger partial charge in [-0.05, 0) is 31.4 Å². The minimum atomic E-state index is 0.648. The Morgan fingerprint density at radius 3 is 2.95 bits per heavy atom. The van der Waals surface area contributed by atoms with E-state index in [1.807, 2.05) is 12.3 Å². The minimum Gasteiger partial charge on any atom is -0.312 e. The largest absolute Gasteiger partial charge is 0.312 e. The molecule has 0 aromatic carbocycles. The summed E-state index contributed by atoms with van der Waals surface area (Å²) in [5, 5.41) is 3.44. The standard InChI is InChI=1S/C16H18N4/c1-10-3-2-7-18-14(10)16-19-13-6-8-17-9-12(13)15(20-16)11-4-5-11/h2-3,7,11,17H,4-6,8-9H2,1H3. The van der Waals surface area contributed by atoms with Gasteiger partial charge in [0.05, 0.1) is 11.4 Å². The Kier molecular flexibility index (Phi) is 2.77. The molecule has 0 radical (unpaired) electrons. The van der Waals surface area contributed by atoms with Crippen molar-refractivity contribution in [3.05, 3.63) is 40.8 Å². The molecule has 4 nitrogen and oxygen atoms in total. The van der Waals surface area contributed by atoms with Crippen LogP contribution in [0.2, 0.25) is 0 Å². The summed E-state index contributed by atoms with van der Waals surface area (Å²) in [6.07, 6.45) is 5.36. The van der Waals surface area contributed by atoms with Crippen LogP contribution < -0.4 is 5.32 Å². The Balaban J connectivity index is 1.88. The Labute approximate surface area is 118 Å². The van der Waals surface area contributed by atoms with E-state index in [0.717, 1.165) is 36.6 Å². The van der Waals surface area contributed by atoms with Crippen LogP contribution in [-0.2, 0) is 13.0 Å². The molecular weight excluding hydrogens is 248 g/mol. The first-order chi connectivity index (χ1) is 9.83. The molecule has 1 N–H and O–H groups in total. The first-order valence-corrected chi connectivity index (χ1v) is 7.35. The maximum atomic E-state index is 4.87. The van der Waals surface area contributed by atoms with Crippen molar-refractivity contribution in [3.8, 4) is 11.5 Å². The summed E-state index contributed by atoms with van der Waals surface area (Å²) >= 11 is 0. The lowest BCUT2D eigenvalue weighted by Crippen LogP contribution is -2.26. The van der Waals surface area contributed by atoms with Crippen LogP contribution in [0.4, 0.5) is 0 Å². The van der Waals surface area contributed by atoms with Crippen molar-refractivity contribution in [2.45, 2.75) is 38.6 Å². The first kappa shape index (κ1) is 12.0. The van der Waals surface area contributed by atoms with Crippen molar-refractivity contribution in [3.63, 3.8) is 0 Å². The van der Waals surface area contributed by atoms with E-state index in [0.29, 0.717) is 5.92 Å². The molecule has 2 aliphatic rings. The number of pyridine rings is 1. The lowest BCUT2D eigenvalue weighted by Gasteiger charge is -2.20. The van der Waals surface area contributed by atoms with Gasteiger partial charge in [-0.3, -0.25) is 4.98 Å². The van der Waals surface area contributed by atoms with Gasteiger partial charge < -0.3 is 5.32 Å². The molecule has 2 aromatic rings. The summed E-state index contributed by atoms with van der Waals surface area (Å²) in [7, 11) is 0. The van der Waals surface area contributed by atoms with E-state index in [1.165, 1.54) is 29.8 Å². The van der Waals surface area contributed by atoms with Gasteiger partial charge in [0.2, 0.25) is 0 Å². The fourth-order valence-corrected chi connectivity index (χ4v) is 2.89. The van der Waals surface area contributed by atoms with Crippen molar-refractivity contribution in [1.29, 1.82) is 0 Å². The van der Waals surface area contributed by atoms with Gasteiger partial charge in [-0.15, -0.1) is 0 Å². The van der Waals surface area contributed by atoms with E-state index >= 15 is 0 Å². The predicted molar refractivity (Wildman–Crippen MR) is 77.4 cm³/mol. The highest BCUT2D eigenvalue weighted by Crippen LogP contribution is 2.42. The molecule has 0 spiro atoms. The summed E-state index contributed by atoms with van der Waals surface area (Å²) in [6, 6.07) is 4.03. The zero-order valence-electron chi connectivity index (χ0n) is 11.7. The molecule has 1 fully saturated rings. The second-order valence-corrected chi connectivity index (χ2v) is 5.73. The number of hydrogen-bond donors (Lipinski definition) is 1. The van der Waals surface area contributed by atoms with Gasteiger partial charge in [0, 0.05) is 37.2 Å². The number of aryl methyl sites for hydroxylation is 1. The summed E-state index contributed by atoms with van der Waals surface area (Å²) in [5.74, 6) is 1.46. The SMILES string of the molecule is Cc1cccnc1-c1nc2c(c(C3CC3)n1)CNCC2. The minimum absolute atomic E-state index is 0.648. The number of nitrogens with one attached hydrogen (secondary N) is 1. The van der Waals surface area contributed by atoms with Gasteiger partial charge >= 0.3 is 0 Å². The van der Waals surface area contributed by atoms with Gasteiger partial charge in [-0.1, -0.05) is 6.07 Å². The van der Waals surface area contributed by atoms with E-state index < -0.39 is 0 Å². The molecule has 1 aliphatic carbocycles. The Hall–Kier alpha value is -1.81. The van der Waals surface area contributed by atoms with Crippen molar-refractivity contribution in [1.82, 2.24) is 20.3 Å². The number of aromatic nitrogens is 3. The Morgan fingerprint density at radius 2 is 2.15 bits per heavy atom. The molecule has 102 valence electrons. The maximum absolute atomic E-state index is 4.87. The Bertz CT molecular complexity index is 662. The highest BCUT2D eigenvalue weighted by atomic mass is 15.0. The van der Waals surface area contributed by atoms with Gasteiger partial charge in [0.25, 0.3) is 0 Å². The van der Waals surface area contributed by atoms with Gasteiger partial charge in [-0.2, -0.15) is 0 Å². The topological polar surface area (TPSA) is 50.7 Å². The lowest BCUT2D eigenvalue weighted by atomic mass is 10.0. The maximum Gasteiger partial charge on any atom is 0.178 e. The van der Waals surface area contributed by atoms with E-state index in [2.05, 4.69) is 23.3 Å². The van der Waals surface area contributed by atoms with E-state index in [-0.39, 0.29) is 0 Å². The highest BCUT2D eigenvalue weighted by Gasteiger charge is 2.31. The molecule has 4 heteroatoms. The number of nitrogens with zero attached hydrogens (tertiary/aromatic N) is 3. The van der Waals surface area contributed by atoms with Crippen molar-refractivity contribution >= 4 is 0 Å². The van der Waals surface area contributed by atoms with Crippen LogP contribution in [0.15, 0.2) is 18.3 Å². The molecule has 0 atom stereocenters. The second kappa shape index (κ2) is 4.63. The van der Waals surface area contributed by atoms with E-state index in [9.17, 15) is 0 Å². The van der Waals surface area contributed by atoms with Gasteiger partial charge in [0.1, 0.15) is 5.69 Å².